The average Bonchev–Trinajstić information content (AvgIpc) is 2.15. The van der Waals surface area contributed by atoms with Crippen LogP contribution in [-0.4, -0.2) is 23.6 Å². The highest BCUT2D eigenvalue weighted by Crippen LogP contribution is 1.98. The zero-order valence-corrected chi connectivity index (χ0v) is 8.41. The van der Waals surface area contributed by atoms with Crippen molar-refractivity contribution in [1.82, 2.24) is 10.4 Å². The molecule has 1 unspecified atom stereocenters. The molecular weight excluding hydrogens is 168 g/mol. The zero-order valence-electron chi connectivity index (χ0n) is 8.41. The van der Waals surface area contributed by atoms with Crippen molar-refractivity contribution in [3.63, 3.8) is 0 Å². The Kier molecular flexibility index (Phi) is 5.99. The predicted molar refractivity (Wildman–Crippen MR) is 52.0 cm³/mol. The highest BCUT2D eigenvalue weighted by molar-refractivity contribution is 5.78. The largest absolute Gasteiger partial charge is 0.287 e. The topological polar surface area (TPSA) is 89.9 Å². The smallest absolute Gasteiger partial charge is 0.134 e. The Morgan fingerprint density at radius 3 is 2.85 bits per heavy atom. The lowest BCUT2D eigenvalue weighted by atomic mass is 10.3. The molecule has 1 aliphatic rings. The second-order valence-electron chi connectivity index (χ2n) is 2.43. The van der Waals surface area contributed by atoms with E-state index in [0.29, 0.717) is 18.8 Å². The number of hydrogen-bond donors (Lipinski definition) is 3. The van der Waals surface area contributed by atoms with Crippen LogP contribution in [0.1, 0.15) is 27.2 Å². The van der Waals surface area contributed by atoms with Crippen molar-refractivity contribution in [3.8, 4) is 0 Å². The standard InChI is InChI=1S/C5H12N6.C2H6/c1-4-8-10-9-5(6)2-3-11(4)7;1-2/h4H,2-3,7H2,1H3,(H2,6,8,9);1-2H3. The molecule has 0 aliphatic carbocycles. The number of hydrogen-bond acceptors (Lipinski definition) is 5. The molecule has 76 valence electrons. The normalized spacial score (nSPS) is 23.7. The molecule has 0 bridgehead atoms. The molecule has 1 atom stereocenters. The first-order valence-electron chi connectivity index (χ1n) is 4.45. The van der Waals surface area contributed by atoms with Crippen LogP contribution in [0.3, 0.4) is 0 Å². The summed E-state index contributed by atoms with van der Waals surface area (Å²) in [4.78, 5) is 0. The number of amidine groups is 1. The van der Waals surface area contributed by atoms with Gasteiger partial charge in [-0.1, -0.05) is 19.1 Å². The maximum absolute atomic E-state index is 7.23. The maximum Gasteiger partial charge on any atom is 0.134 e. The lowest BCUT2D eigenvalue weighted by Crippen LogP contribution is -2.41. The van der Waals surface area contributed by atoms with Crippen LogP contribution >= 0.6 is 0 Å². The fourth-order valence-electron chi connectivity index (χ4n) is 0.723. The molecule has 0 aromatic heterocycles. The van der Waals surface area contributed by atoms with Crippen LogP contribution in [0.25, 0.3) is 0 Å². The molecule has 0 aromatic rings. The molecule has 0 spiro atoms. The Labute approximate surface area is 78.7 Å². The molecule has 0 radical (unpaired) electrons. The molecule has 1 heterocycles. The van der Waals surface area contributed by atoms with Crippen molar-refractivity contribution in [2.24, 2.45) is 16.2 Å². The zero-order chi connectivity index (χ0) is 10.3. The number of nitrogens with zero attached hydrogens (tertiary/aromatic N) is 3. The minimum atomic E-state index is -0.115. The van der Waals surface area contributed by atoms with E-state index in [1.807, 2.05) is 20.8 Å². The summed E-state index contributed by atoms with van der Waals surface area (Å²) >= 11 is 0. The molecule has 6 nitrogen and oxygen atoms in total. The Hall–Kier alpha value is -1.01. The predicted octanol–water partition coefficient (Wildman–Crippen LogP) is 0.872. The van der Waals surface area contributed by atoms with Crippen LogP contribution in [0.4, 0.5) is 0 Å². The van der Waals surface area contributed by atoms with Crippen LogP contribution in [-0.2, 0) is 0 Å². The minimum Gasteiger partial charge on any atom is -0.287 e. The summed E-state index contributed by atoms with van der Waals surface area (Å²) in [5.41, 5.74) is 2.49. The van der Waals surface area contributed by atoms with Crippen molar-refractivity contribution >= 4 is 5.84 Å². The van der Waals surface area contributed by atoms with Gasteiger partial charge in [-0.05, 0) is 6.92 Å². The molecule has 13 heavy (non-hydrogen) atoms. The fraction of sp³-hybridized carbons (Fsp3) is 0.857. The second-order valence-corrected chi connectivity index (χ2v) is 2.43. The number of nitrogens with one attached hydrogen (secondary N) is 2. The van der Waals surface area contributed by atoms with Crippen molar-refractivity contribution < 1.29 is 0 Å². The van der Waals surface area contributed by atoms with Gasteiger partial charge in [0.2, 0.25) is 0 Å². The van der Waals surface area contributed by atoms with Gasteiger partial charge in [-0.2, -0.15) is 5.11 Å². The van der Waals surface area contributed by atoms with E-state index < -0.39 is 0 Å². The molecule has 4 N–H and O–H groups in total. The van der Waals surface area contributed by atoms with Crippen LogP contribution in [0.5, 0.6) is 0 Å². The van der Waals surface area contributed by atoms with Gasteiger partial charge in [0, 0.05) is 13.0 Å². The lowest BCUT2D eigenvalue weighted by molar-refractivity contribution is 0.213. The molecule has 0 aromatic carbocycles. The minimum absolute atomic E-state index is 0.115. The quantitative estimate of drug-likeness (QED) is 0.490. The van der Waals surface area contributed by atoms with Crippen LogP contribution in [0, 0.1) is 5.41 Å². The first-order chi connectivity index (χ1) is 6.20. The van der Waals surface area contributed by atoms with Crippen molar-refractivity contribution in [2.75, 3.05) is 6.54 Å². The van der Waals surface area contributed by atoms with E-state index in [0.717, 1.165) is 0 Å². The third-order valence-electron chi connectivity index (χ3n) is 1.51. The van der Waals surface area contributed by atoms with Gasteiger partial charge in [-0.15, -0.1) is 0 Å². The van der Waals surface area contributed by atoms with E-state index in [1.165, 1.54) is 0 Å². The van der Waals surface area contributed by atoms with Gasteiger partial charge in [0.05, 0.1) is 0 Å². The molecular formula is C7H18N6. The summed E-state index contributed by atoms with van der Waals surface area (Å²) in [6.07, 6.45) is 0.468. The number of rotatable bonds is 0. The number of hydrazine groups is 1. The first-order valence-corrected chi connectivity index (χ1v) is 4.45. The Morgan fingerprint density at radius 2 is 2.23 bits per heavy atom. The van der Waals surface area contributed by atoms with Crippen molar-refractivity contribution in [2.45, 2.75) is 33.4 Å². The van der Waals surface area contributed by atoms with Gasteiger partial charge in [0.25, 0.3) is 0 Å². The SMILES string of the molecule is CC.CC1N=NNC(=N)CCN1N. The van der Waals surface area contributed by atoms with Gasteiger partial charge in [0.15, 0.2) is 0 Å². The van der Waals surface area contributed by atoms with Crippen LogP contribution in [0.2, 0.25) is 0 Å². The maximum atomic E-state index is 7.23. The first kappa shape index (κ1) is 12.0. The summed E-state index contributed by atoms with van der Waals surface area (Å²) in [6.45, 7) is 6.48. The van der Waals surface area contributed by atoms with Gasteiger partial charge in [-0.25, -0.2) is 10.4 Å². The monoisotopic (exact) mass is 186 g/mol. The van der Waals surface area contributed by atoms with Crippen molar-refractivity contribution in [1.29, 1.82) is 5.41 Å². The Morgan fingerprint density at radius 1 is 1.62 bits per heavy atom. The van der Waals surface area contributed by atoms with E-state index in [9.17, 15) is 0 Å². The second kappa shape index (κ2) is 6.50. The van der Waals surface area contributed by atoms with Gasteiger partial charge < -0.3 is 0 Å². The molecule has 0 saturated carbocycles. The van der Waals surface area contributed by atoms with Crippen LogP contribution in [0.15, 0.2) is 10.3 Å². The summed E-state index contributed by atoms with van der Waals surface area (Å²) < 4.78 is 0. The summed E-state index contributed by atoms with van der Waals surface area (Å²) in [5, 5.41) is 16.2. The molecule has 1 rings (SSSR count). The van der Waals surface area contributed by atoms with E-state index in [1.54, 1.807) is 5.01 Å². The Balaban J connectivity index is 0.000000671. The molecule has 6 heteroatoms. The Bertz CT molecular complexity index is 178. The van der Waals surface area contributed by atoms with Crippen LogP contribution < -0.4 is 11.3 Å². The highest BCUT2D eigenvalue weighted by Gasteiger charge is 2.11. The van der Waals surface area contributed by atoms with Crippen molar-refractivity contribution in [3.05, 3.63) is 0 Å². The van der Waals surface area contributed by atoms with E-state index in [4.69, 9.17) is 11.3 Å². The summed E-state index contributed by atoms with van der Waals surface area (Å²) in [5.74, 6) is 5.91. The molecule has 0 amide bonds. The summed E-state index contributed by atoms with van der Waals surface area (Å²) in [6, 6.07) is 0. The van der Waals surface area contributed by atoms with Gasteiger partial charge in [-0.3, -0.25) is 11.3 Å². The van der Waals surface area contributed by atoms with Gasteiger partial charge in [0.1, 0.15) is 12.0 Å². The molecule has 1 aliphatic heterocycles. The average molecular weight is 186 g/mol. The fourth-order valence-corrected chi connectivity index (χ4v) is 0.723. The molecule has 0 fully saturated rings. The highest BCUT2D eigenvalue weighted by atomic mass is 15.5. The van der Waals surface area contributed by atoms with E-state index in [-0.39, 0.29) is 6.17 Å². The summed E-state index contributed by atoms with van der Waals surface area (Å²) in [7, 11) is 0. The van der Waals surface area contributed by atoms with Gasteiger partial charge >= 0.3 is 0 Å². The number of nitrogens with two attached hydrogens (primary N) is 1. The third-order valence-corrected chi connectivity index (χ3v) is 1.51. The van der Waals surface area contributed by atoms with E-state index in [2.05, 4.69) is 15.8 Å². The molecule has 0 saturated heterocycles. The third kappa shape index (κ3) is 4.54. The lowest BCUT2D eigenvalue weighted by Gasteiger charge is -2.21. The van der Waals surface area contributed by atoms with E-state index >= 15 is 0 Å².